The minimum absolute atomic E-state index is 0.0668. The molecule has 1 aliphatic heterocycles. The third-order valence-electron chi connectivity index (χ3n) is 3.17. The molecule has 2 aromatic rings. The molecular weight excluding hydrogens is 292 g/mol. The van der Waals surface area contributed by atoms with Crippen LogP contribution in [0.25, 0.3) is 0 Å². The highest BCUT2D eigenvalue weighted by molar-refractivity contribution is 8.00. The molecule has 1 aliphatic rings. The number of amides is 1. The number of nitrogens with one attached hydrogen (secondary N) is 2. The quantitative estimate of drug-likeness (QED) is 0.908. The van der Waals surface area contributed by atoms with Gasteiger partial charge in [-0.3, -0.25) is 9.89 Å². The molecular formula is C13H16N4OS2. The lowest BCUT2D eigenvalue weighted by molar-refractivity contribution is -0.120. The summed E-state index contributed by atoms with van der Waals surface area (Å²) in [4.78, 5) is 17.6. The molecule has 0 saturated carbocycles. The molecule has 7 heteroatoms. The zero-order valence-electron chi connectivity index (χ0n) is 11.0. The Bertz CT molecular complexity index is 567. The van der Waals surface area contributed by atoms with Crippen LogP contribution in [-0.4, -0.2) is 32.9 Å². The first-order valence-electron chi connectivity index (χ1n) is 6.69. The maximum atomic E-state index is 11.9. The van der Waals surface area contributed by atoms with E-state index in [0.717, 1.165) is 38.1 Å². The number of H-pyrrole nitrogens is 1. The highest BCUT2D eigenvalue weighted by atomic mass is 32.2. The summed E-state index contributed by atoms with van der Waals surface area (Å²) in [6.45, 7) is 0.785. The van der Waals surface area contributed by atoms with Crippen LogP contribution in [0.5, 0.6) is 0 Å². The van der Waals surface area contributed by atoms with Crippen LogP contribution in [0, 0.1) is 0 Å². The van der Waals surface area contributed by atoms with Crippen molar-refractivity contribution in [1.29, 1.82) is 0 Å². The average Bonchev–Trinajstić information content (AvgIpc) is 3.05. The first-order valence-corrected chi connectivity index (χ1v) is 8.45. The molecule has 1 amide bonds. The largest absolute Gasteiger partial charge is 0.355 e. The summed E-state index contributed by atoms with van der Waals surface area (Å²) in [6.07, 6.45) is 3.79. The molecule has 3 heterocycles. The minimum atomic E-state index is -0.0668. The van der Waals surface area contributed by atoms with Gasteiger partial charge in [-0.1, -0.05) is 24.2 Å². The van der Waals surface area contributed by atoms with Crippen LogP contribution in [0.4, 0.5) is 0 Å². The van der Waals surface area contributed by atoms with Gasteiger partial charge in [0.2, 0.25) is 11.1 Å². The molecule has 1 saturated heterocycles. The Morgan fingerprint density at radius 3 is 3.25 bits per heavy atom. The zero-order valence-corrected chi connectivity index (χ0v) is 12.6. The van der Waals surface area contributed by atoms with Gasteiger partial charge < -0.3 is 5.32 Å². The normalized spacial score (nSPS) is 19.6. The molecule has 0 aliphatic carbocycles. The van der Waals surface area contributed by atoms with Gasteiger partial charge in [0.25, 0.3) is 0 Å². The monoisotopic (exact) mass is 308 g/mol. The summed E-state index contributed by atoms with van der Waals surface area (Å²) >= 11 is 3.16. The molecule has 3 rings (SSSR count). The van der Waals surface area contributed by atoms with Crippen LogP contribution in [0.15, 0.2) is 22.7 Å². The van der Waals surface area contributed by atoms with E-state index in [1.807, 2.05) is 6.07 Å². The number of thioether (sulfide) groups is 1. The number of carbonyl (C=O) groups excluding carboxylic acids is 1. The van der Waals surface area contributed by atoms with Crippen LogP contribution >= 0.6 is 23.1 Å². The third kappa shape index (κ3) is 3.40. The summed E-state index contributed by atoms with van der Waals surface area (Å²) in [5.74, 6) is 0.959. The van der Waals surface area contributed by atoms with Gasteiger partial charge in [0.1, 0.15) is 5.82 Å². The lowest BCUT2D eigenvalue weighted by Crippen LogP contribution is -2.30. The summed E-state index contributed by atoms with van der Waals surface area (Å²) in [5, 5.41) is 12.8. The molecule has 1 atom stereocenters. The fourth-order valence-electron chi connectivity index (χ4n) is 2.14. The number of hydrogen-bond acceptors (Lipinski definition) is 5. The average molecular weight is 308 g/mol. The first kappa shape index (κ1) is 13.6. The van der Waals surface area contributed by atoms with Gasteiger partial charge in [-0.2, -0.15) is 0 Å². The summed E-state index contributed by atoms with van der Waals surface area (Å²) in [7, 11) is 0. The van der Waals surface area contributed by atoms with Crippen LogP contribution in [0.2, 0.25) is 0 Å². The highest BCUT2D eigenvalue weighted by Crippen LogP contribution is 2.25. The van der Waals surface area contributed by atoms with E-state index in [0.29, 0.717) is 5.16 Å². The fraction of sp³-hybridized carbons (Fsp3) is 0.462. The van der Waals surface area contributed by atoms with Crippen molar-refractivity contribution in [3.8, 4) is 0 Å². The van der Waals surface area contributed by atoms with E-state index < -0.39 is 0 Å². The van der Waals surface area contributed by atoms with Crippen molar-refractivity contribution < 1.29 is 4.79 Å². The van der Waals surface area contributed by atoms with Crippen molar-refractivity contribution in [2.24, 2.45) is 0 Å². The van der Waals surface area contributed by atoms with Gasteiger partial charge in [-0.15, -0.1) is 16.4 Å². The molecule has 1 unspecified atom stereocenters. The van der Waals surface area contributed by atoms with E-state index >= 15 is 0 Å². The number of rotatable bonds is 4. The lowest BCUT2D eigenvalue weighted by atomic mass is 10.2. The number of nitrogens with zero attached hydrogens (tertiary/aromatic N) is 2. The molecule has 106 valence electrons. The second-order valence-corrected chi connectivity index (χ2v) is 6.92. The van der Waals surface area contributed by atoms with E-state index in [9.17, 15) is 4.79 Å². The Hall–Kier alpha value is -1.34. The SMILES string of the molecule is O=C1NCCCCC1Sc1n[nH]c(Cc2cccs2)n1. The minimum Gasteiger partial charge on any atom is -0.355 e. The smallest absolute Gasteiger partial charge is 0.233 e. The van der Waals surface area contributed by atoms with Crippen LogP contribution in [0.3, 0.4) is 0 Å². The van der Waals surface area contributed by atoms with E-state index in [1.54, 1.807) is 11.3 Å². The van der Waals surface area contributed by atoms with Gasteiger partial charge in [0.05, 0.1) is 5.25 Å². The fourth-order valence-corrected chi connectivity index (χ4v) is 3.84. The Morgan fingerprint density at radius 1 is 1.45 bits per heavy atom. The lowest BCUT2D eigenvalue weighted by Gasteiger charge is -2.09. The Balaban J connectivity index is 1.63. The van der Waals surface area contributed by atoms with Crippen molar-refractivity contribution in [2.45, 2.75) is 36.1 Å². The Labute approximate surface area is 125 Å². The van der Waals surface area contributed by atoms with Gasteiger partial charge >= 0.3 is 0 Å². The maximum Gasteiger partial charge on any atom is 0.233 e. The van der Waals surface area contributed by atoms with Crippen molar-refractivity contribution in [3.05, 3.63) is 28.2 Å². The highest BCUT2D eigenvalue weighted by Gasteiger charge is 2.23. The van der Waals surface area contributed by atoms with Crippen LogP contribution in [-0.2, 0) is 11.2 Å². The maximum absolute atomic E-state index is 11.9. The van der Waals surface area contributed by atoms with Crippen molar-refractivity contribution >= 4 is 29.0 Å². The molecule has 5 nitrogen and oxygen atoms in total. The predicted molar refractivity (Wildman–Crippen MR) is 80.0 cm³/mol. The van der Waals surface area contributed by atoms with E-state index in [-0.39, 0.29) is 11.2 Å². The van der Waals surface area contributed by atoms with E-state index in [1.165, 1.54) is 16.6 Å². The van der Waals surface area contributed by atoms with Crippen molar-refractivity contribution in [1.82, 2.24) is 20.5 Å². The Kier molecular flexibility index (Phi) is 4.37. The third-order valence-corrected chi connectivity index (χ3v) is 5.17. The molecule has 20 heavy (non-hydrogen) atoms. The first-order chi connectivity index (χ1) is 9.81. The number of carbonyl (C=O) groups is 1. The summed E-state index contributed by atoms with van der Waals surface area (Å²) in [5.41, 5.74) is 0. The van der Waals surface area contributed by atoms with Crippen molar-refractivity contribution in [2.75, 3.05) is 6.54 Å². The van der Waals surface area contributed by atoms with Gasteiger partial charge in [-0.25, -0.2) is 4.98 Å². The van der Waals surface area contributed by atoms with Gasteiger partial charge in [0.15, 0.2) is 0 Å². The summed E-state index contributed by atoms with van der Waals surface area (Å²) < 4.78 is 0. The predicted octanol–water partition coefficient (Wildman–Crippen LogP) is 2.22. The van der Waals surface area contributed by atoms with Crippen LogP contribution in [0.1, 0.15) is 30.0 Å². The van der Waals surface area contributed by atoms with E-state index in [2.05, 4.69) is 31.9 Å². The van der Waals surface area contributed by atoms with Gasteiger partial charge in [0, 0.05) is 17.8 Å². The number of thiophene rings is 1. The second-order valence-electron chi connectivity index (χ2n) is 4.71. The zero-order chi connectivity index (χ0) is 13.8. The molecule has 1 fully saturated rings. The second kappa shape index (κ2) is 6.41. The number of aromatic amines is 1. The van der Waals surface area contributed by atoms with Gasteiger partial charge in [-0.05, 0) is 24.3 Å². The molecule has 0 spiro atoms. The molecule has 2 N–H and O–H groups in total. The topological polar surface area (TPSA) is 70.7 Å². The van der Waals surface area contributed by atoms with Crippen LogP contribution < -0.4 is 5.32 Å². The summed E-state index contributed by atoms with van der Waals surface area (Å²) in [6, 6.07) is 4.11. The Morgan fingerprint density at radius 2 is 2.40 bits per heavy atom. The standard InChI is InChI=1S/C13H16N4OS2/c18-12-10(5-1-2-6-14-12)20-13-15-11(16-17-13)8-9-4-3-7-19-9/h3-4,7,10H,1-2,5-6,8H2,(H,14,18)(H,15,16,17). The van der Waals surface area contributed by atoms with E-state index in [4.69, 9.17) is 0 Å². The molecule has 2 aromatic heterocycles. The molecule has 0 aromatic carbocycles. The molecule has 0 radical (unpaired) electrons. The number of hydrogen-bond donors (Lipinski definition) is 2. The number of aromatic nitrogens is 3. The van der Waals surface area contributed by atoms with Crippen molar-refractivity contribution in [3.63, 3.8) is 0 Å². The molecule has 0 bridgehead atoms.